The van der Waals surface area contributed by atoms with Gasteiger partial charge in [0.1, 0.15) is 5.60 Å². The van der Waals surface area contributed by atoms with E-state index in [1.165, 1.54) is 24.1 Å². The normalized spacial score (nSPS) is 17.7. The maximum atomic E-state index is 10.9. The average molecular weight is 281 g/mol. The number of hydrogen-bond acceptors (Lipinski definition) is 2. The molecule has 0 saturated carbocycles. The number of aliphatic hydroxyl groups is 1. The molecule has 0 amide bonds. The third kappa shape index (κ3) is 3.11. The van der Waals surface area contributed by atoms with Gasteiger partial charge in [0, 0.05) is 12.2 Å². The van der Waals surface area contributed by atoms with Gasteiger partial charge in [-0.2, -0.15) is 0 Å². The third-order valence-corrected chi connectivity index (χ3v) is 4.35. The highest BCUT2D eigenvalue weighted by Crippen LogP contribution is 2.30. The van der Waals surface area contributed by atoms with E-state index in [1.54, 1.807) is 0 Å². The number of benzene rings is 2. The van der Waals surface area contributed by atoms with Crippen LogP contribution in [-0.4, -0.2) is 18.2 Å². The molecule has 0 aliphatic carbocycles. The molecular formula is C19H23NO. The van der Waals surface area contributed by atoms with E-state index in [2.05, 4.69) is 29.2 Å². The predicted molar refractivity (Wildman–Crippen MR) is 87.6 cm³/mol. The highest BCUT2D eigenvalue weighted by atomic mass is 16.3. The lowest BCUT2D eigenvalue weighted by atomic mass is 9.95. The first kappa shape index (κ1) is 14.2. The molecule has 1 unspecified atom stereocenters. The van der Waals surface area contributed by atoms with E-state index in [1.807, 2.05) is 37.3 Å². The molecule has 1 aliphatic rings. The molecular weight excluding hydrogens is 258 g/mol. The predicted octanol–water partition coefficient (Wildman–Crippen LogP) is 3.74. The van der Waals surface area contributed by atoms with Crippen molar-refractivity contribution >= 4 is 5.69 Å². The fourth-order valence-electron chi connectivity index (χ4n) is 3.19. The van der Waals surface area contributed by atoms with Crippen LogP contribution in [0.1, 0.15) is 30.9 Å². The Morgan fingerprint density at radius 3 is 2.52 bits per heavy atom. The Labute approximate surface area is 127 Å². The van der Waals surface area contributed by atoms with Gasteiger partial charge >= 0.3 is 0 Å². The molecule has 3 rings (SSSR count). The van der Waals surface area contributed by atoms with Crippen LogP contribution in [0.15, 0.2) is 54.6 Å². The van der Waals surface area contributed by atoms with Gasteiger partial charge in [0.2, 0.25) is 0 Å². The van der Waals surface area contributed by atoms with E-state index in [9.17, 15) is 5.11 Å². The van der Waals surface area contributed by atoms with Crippen molar-refractivity contribution in [2.45, 2.75) is 31.8 Å². The smallest absolute Gasteiger partial charge is 0.104 e. The summed E-state index contributed by atoms with van der Waals surface area (Å²) in [5.41, 5.74) is 2.83. The van der Waals surface area contributed by atoms with Crippen LogP contribution >= 0.6 is 0 Å². The summed E-state index contributed by atoms with van der Waals surface area (Å²) < 4.78 is 0. The molecule has 0 bridgehead atoms. The first-order chi connectivity index (χ1) is 10.2. The van der Waals surface area contributed by atoms with Gasteiger partial charge in [0.05, 0.1) is 6.54 Å². The van der Waals surface area contributed by atoms with E-state index in [0.29, 0.717) is 6.54 Å². The van der Waals surface area contributed by atoms with Gasteiger partial charge in [-0.3, -0.25) is 0 Å². The van der Waals surface area contributed by atoms with Crippen LogP contribution < -0.4 is 4.90 Å². The van der Waals surface area contributed by atoms with Crippen molar-refractivity contribution in [3.63, 3.8) is 0 Å². The van der Waals surface area contributed by atoms with Crippen LogP contribution in [0.3, 0.4) is 0 Å². The molecule has 0 fully saturated rings. The van der Waals surface area contributed by atoms with E-state index in [4.69, 9.17) is 0 Å². The summed E-state index contributed by atoms with van der Waals surface area (Å²) in [5, 5.41) is 10.9. The highest BCUT2D eigenvalue weighted by molar-refractivity contribution is 5.55. The van der Waals surface area contributed by atoms with E-state index >= 15 is 0 Å². The van der Waals surface area contributed by atoms with Crippen LogP contribution in [0.2, 0.25) is 0 Å². The Morgan fingerprint density at radius 2 is 1.71 bits per heavy atom. The highest BCUT2D eigenvalue weighted by Gasteiger charge is 2.27. The summed E-state index contributed by atoms with van der Waals surface area (Å²) in [6.45, 7) is 3.56. The molecule has 1 atom stereocenters. The quantitative estimate of drug-likeness (QED) is 0.926. The molecule has 21 heavy (non-hydrogen) atoms. The van der Waals surface area contributed by atoms with Crippen molar-refractivity contribution in [1.29, 1.82) is 0 Å². The molecule has 0 aromatic heterocycles. The topological polar surface area (TPSA) is 23.5 Å². The maximum absolute atomic E-state index is 10.9. The first-order valence-electron chi connectivity index (χ1n) is 7.77. The number of aryl methyl sites for hydroxylation is 1. The largest absolute Gasteiger partial charge is 0.384 e. The van der Waals surface area contributed by atoms with Crippen LogP contribution in [0.25, 0.3) is 0 Å². The molecule has 0 saturated heterocycles. The minimum absolute atomic E-state index is 0.633. The Bertz CT molecular complexity index is 592. The van der Waals surface area contributed by atoms with Gasteiger partial charge in [0.25, 0.3) is 0 Å². The molecule has 110 valence electrons. The molecule has 2 heteroatoms. The molecule has 1 aliphatic heterocycles. The van der Waals surface area contributed by atoms with Gasteiger partial charge < -0.3 is 10.0 Å². The first-order valence-corrected chi connectivity index (χ1v) is 7.77. The Hall–Kier alpha value is -1.80. The Kier molecular flexibility index (Phi) is 3.98. The molecule has 2 aromatic rings. The van der Waals surface area contributed by atoms with E-state index < -0.39 is 5.60 Å². The van der Waals surface area contributed by atoms with Crippen molar-refractivity contribution in [3.8, 4) is 0 Å². The van der Waals surface area contributed by atoms with Crippen LogP contribution in [0.4, 0.5) is 5.69 Å². The molecule has 0 spiro atoms. The van der Waals surface area contributed by atoms with Gasteiger partial charge in [-0.25, -0.2) is 0 Å². The Morgan fingerprint density at radius 1 is 1.00 bits per heavy atom. The number of para-hydroxylation sites is 1. The van der Waals surface area contributed by atoms with Crippen LogP contribution in [0, 0.1) is 0 Å². The van der Waals surface area contributed by atoms with E-state index in [-0.39, 0.29) is 0 Å². The monoisotopic (exact) mass is 281 g/mol. The number of rotatable bonds is 3. The fraction of sp³-hybridized carbons (Fsp3) is 0.368. The molecule has 2 nitrogen and oxygen atoms in total. The zero-order chi connectivity index (χ0) is 14.7. The Balaban J connectivity index is 1.87. The summed E-state index contributed by atoms with van der Waals surface area (Å²) in [6.07, 6.45) is 3.54. The number of nitrogens with zero attached hydrogens (tertiary/aromatic N) is 1. The van der Waals surface area contributed by atoms with Gasteiger partial charge in [-0.05, 0) is 43.4 Å². The maximum Gasteiger partial charge on any atom is 0.104 e. The second-order valence-electron chi connectivity index (χ2n) is 6.15. The zero-order valence-corrected chi connectivity index (χ0v) is 12.6. The molecule has 1 N–H and O–H groups in total. The lowest BCUT2D eigenvalue weighted by Crippen LogP contribution is -2.39. The molecule has 0 radical (unpaired) electrons. The second-order valence-corrected chi connectivity index (χ2v) is 6.15. The number of hydrogen-bond donors (Lipinski definition) is 1. The SMILES string of the molecule is CC(O)(CN1CCCCc2ccccc21)c1ccccc1. The van der Waals surface area contributed by atoms with Crippen molar-refractivity contribution < 1.29 is 5.11 Å². The number of fused-ring (bicyclic) bond motifs is 1. The van der Waals surface area contributed by atoms with Crippen LogP contribution in [0.5, 0.6) is 0 Å². The molecule has 1 heterocycles. The van der Waals surface area contributed by atoms with Crippen molar-refractivity contribution in [2.24, 2.45) is 0 Å². The molecule has 2 aromatic carbocycles. The van der Waals surface area contributed by atoms with E-state index in [0.717, 1.165) is 18.5 Å². The summed E-state index contributed by atoms with van der Waals surface area (Å²) in [4.78, 5) is 2.34. The fourth-order valence-corrected chi connectivity index (χ4v) is 3.19. The summed E-state index contributed by atoms with van der Waals surface area (Å²) in [6, 6.07) is 18.6. The summed E-state index contributed by atoms with van der Waals surface area (Å²) in [7, 11) is 0. The van der Waals surface area contributed by atoms with Crippen LogP contribution in [-0.2, 0) is 12.0 Å². The third-order valence-electron chi connectivity index (χ3n) is 4.35. The van der Waals surface area contributed by atoms with Crippen molar-refractivity contribution in [1.82, 2.24) is 0 Å². The van der Waals surface area contributed by atoms with Gasteiger partial charge in [-0.1, -0.05) is 48.5 Å². The minimum atomic E-state index is -0.835. The second kappa shape index (κ2) is 5.90. The average Bonchev–Trinajstić information content (AvgIpc) is 2.71. The van der Waals surface area contributed by atoms with Crippen molar-refractivity contribution in [2.75, 3.05) is 18.0 Å². The zero-order valence-electron chi connectivity index (χ0n) is 12.6. The lowest BCUT2D eigenvalue weighted by molar-refractivity contribution is 0.0644. The van der Waals surface area contributed by atoms with Gasteiger partial charge in [0.15, 0.2) is 0 Å². The lowest BCUT2D eigenvalue weighted by Gasteiger charge is -2.33. The van der Waals surface area contributed by atoms with Crippen molar-refractivity contribution in [3.05, 3.63) is 65.7 Å². The standard InChI is InChI=1S/C19H23NO/c1-19(21,17-11-3-2-4-12-17)15-20-14-8-7-10-16-9-5-6-13-18(16)20/h2-6,9,11-13,21H,7-8,10,14-15H2,1H3. The van der Waals surface area contributed by atoms with Gasteiger partial charge in [-0.15, -0.1) is 0 Å². The number of anilines is 1. The summed E-state index contributed by atoms with van der Waals surface area (Å²) >= 11 is 0. The minimum Gasteiger partial charge on any atom is -0.384 e. The summed E-state index contributed by atoms with van der Waals surface area (Å²) in [5.74, 6) is 0. The number of β-amino-alcohol motifs (C(OH)–C–C–N with tert-alkyl or cyclic N) is 1.